The second kappa shape index (κ2) is 7.04. The van der Waals surface area contributed by atoms with Crippen LogP contribution in [0.2, 0.25) is 10.0 Å². The number of carbonyl (C=O) groups excluding carboxylic acids is 1. The fraction of sp³-hybridized carbons (Fsp3) is 0.250. The van der Waals surface area contributed by atoms with Crippen LogP contribution in [0.4, 0.5) is 5.82 Å². The summed E-state index contributed by atoms with van der Waals surface area (Å²) >= 11 is 12.2. The third-order valence-electron chi connectivity index (χ3n) is 3.83. The summed E-state index contributed by atoms with van der Waals surface area (Å²) in [5, 5.41) is 9.81. The van der Waals surface area contributed by atoms with Crippen molar-refractivity contribution in [3.8, 4) is 6.07 Å². The average molecular weight is 362 g/mol. The van der Waals surface area contributed by atoms with Crippen molar-refractivity contribution in [1.29, 1.82) is 5.26 Å². The van der Waals surface area contributed by atoms with Crippen LogP contribution in [0, 0.1) is 11.3 Å². The monoisotopic (exact) mass is 361 g/mol. The van der Waals surface area contributed by atoms with E-state index in [1.165, 1.54) is 6.20 Å². The van der Waals surface area contributed by atoms with Crippen LogP contribution in [0.3, 0.4) is 0 Å². The zero-order valence-electron chi connectivity index (χ0n) is 12.6. The first-order valence-corrected chi connectivity index (χ1v) is 8.06. The lowest BCUT2D eigenvalue weighted by atomic mass is 10.1. The maximum Gasteiger partial charge on any atom is 0.257 e. The van der Waals surface area contributed by atoms with Crippen molar-refractivity contribution in [3.63, 3.8) is 0 Å². The van der Waals surface area contributed by atoms with Gasteiger partial charge in [-0.3, -0.25) is 4.79 Å². The van der Waals surface area contributed by atoms with Crippen LogP contribution < -0.4 is 4.90 Å². The highest BCUT2D eigenvalue weighted by atomic mass is 35.5. The van der Waals surface area contributed by atoms with E-state index in [1.807, 2.05) is 11.0 Å². The molecule has 122 valence electrons. The lowest BCUT2D eigenvalue weighted by Crippen LogP contribution is -2.49. The Labute approximate surface area is 149 Å². The van der Waals surface area contributed by atoms with E-state index < -0.39 is 0 Å². The smallest absolute Gasteiger partial charge is 0.257 e. The van der Waals surface area contributed by atoms with Gasteiger partial charge < -0.3 is 9.80 Å². The number of aromatic nitrogens is 2. The van der Waals surface area contributed by atoms with Crippen molar-refractivity contribution in [1.82, 2.24) is 14.9 Å². The van der Waals surface area contributed by atoms with Crippen LogP contribution in [-0.4, -0.2) is 47.0 Å². The molecule has 8 heteroatoms. The number of nitrogens with zero attached hydrogens (tertiary/aromatic N) is 5. The van der Waals surface area contributed by atoms with E-state index in [4.69, 9.17) is 28.5 Å². The Morgan fingerprint density at radius 1 is 1.08 bits per heavy atom. The van der Waals surface area contributed by atoms with Gasteiger partial charge in [0.05, 0.1) is 15.6 Å². The van der Waals surface area contributed by atoms with Crippen LogP contribution in [0.1, 0.15) is 16.1 Å². The first-order chi connectivity index (χ1) is 11.6. The Kier molecular flexibility index (Phi) is 4.84. The van der Waals surface area contributed by atoms with Gasteiger partial charge in [0.25, 0.3) is 5.91 Å². The molecule has 1 aliphatic heterocycles. The molecule has 0 bridgehead atoms. The van der Waals surface area contributed by atoms with Gasteiger partial charge in [-0.15, -0.1) is 0 Å². The highest BCUT2D eigenvalue weighted by Crippen LogP contribution is 2.26. The number of hydrogen-bond acceptors (Lipinski definition) is 5. The maximum atomic E-state index is 12.7. The molecule has 1 aromatic heterocycles. The molecule has 0 radical (unpaired) electrons. The van der Waals surface area contributed by atoms with Gasteiger partial charge in [0.2, 0.25) is 0 Å². The van der Waals surface area contributed by atoms with E-state index >= 15 is 0 Å². The summed E-state index contributed by atoms with van der Waals surface area (Å²) in [4.78, 5) is 24.6. The fourth-order valence-corrected chi connectivity index (χ4v) is 3.18. The quantitative estimate of drug-likeness (QED) is 0.821. The summed E-state index contributed by atoms with van der Waals surface area (Å²) in [7, 11) is 0. The third-order valence-corrected chi connectivity index (χ3v) is 4.46. The van der Waals surface area contributed by atoms with Gasteiger partial charge in [0, 0.05) is 38.6 Å². The molecule has 2 aromatic rings. The number of anilines is 1. The Bertz CT molecular complexity index is 792. The SMILES string of the molecule is N#Cc1nccnc1N1CCN(C(=O)c2c(Cl)cccc2Cl)CC1. The highest BCUT2D eigenvalue weighted by molar-refractivity contribution is 6.39. The fourth-order valence-electron chi connectivity index (χ4n) is 2.62. The predicted octanol–water partition coefficient (Wildman–Crippen LogP) is 2.62. The summed E-state index contributed by atoms with van der Waals surface area (Å²) in [6.07, 6.45) is 3.04. The number of nitriles is 1. The van der Waals surface area contributed by atoms with Gasteiger partial charge >= 0.3 is 0 Å². The molecule has 1 aliphatic rings. The Morgan fingerprint density at radius 2 is 1.71 bits per heavy atom. The molecule has 1 saturated heterocycles. The summed E-state index contributed by atoms with van der Waals surface area (Å²) in [6, 6.07) is 7.04. The zero-order valence-corrected chi connectivity index (χ0v) is 14.1. The highest BCUT2D eigenvalue weighted by Gasteiger charge is 2.26. The van der Waals surface area contributed by atoms with E-state index in [1.54, 1.807) is 29.3 Å². The number of piperazine rings is 1. The molecule has 2 heterocycles. The molecular formula is C16H13Cl2N5O. The summed E-state index contributed by atoms with van der Waals surface area (Å²) in [5.41, 5.74) is 0.609. The molecule has 6 nitrogen and oxygen atoms in total. The molecular weight excluding hydrogens is 349 g/mol. The minimum atomic E-state index is -0.190. The van der Waals surface area contributed by atoms with Gasteiger partial charge in [-0.25, -0.2) is 9.97 Å². The van der Waals surface area contributed by atoms with Crippen LogP contribution in [0.15, 0.2) is 30.6 Å². The second-order valence-corrected chi connectivity index (χ2v) is 6.03. The first kappa shape index (κ1) is 16.5. The molecule has 0 atom stereocenters. The molecule has 1 amide bonds. The largest absolute Gasteiger partial charge is 0.351 e. The number of carbonyl (C=O) groups is 1. The number of benzene rings is 1. The maximum absolute atomic E-state index is 12.7. The van der Waals surface area contributed by atoms with Gasteiger partial charge in [-0.1, -0.05) is 29.3 Å². The first-order valence-electron chi connectivity index (χ1n) is 7.31. The van der Waals surface area contributed by atoms with Crippen molar-refractivity contribution >= 4 is 34.9 Å². The minimum Gasteiger partial charge on any atom is -0.351 e. The molecule has 24 heavy (non-hydrogen) atoms. The molecule has 1 fully saturated rings. The Morgan fingerprint density at radius 3 is 2.33 bits per heavy atom. The average Bonchev–Trinajstić information content (AvgIpc) is 2.61. The van der Waals surface area contributed by atoms with Crippen LogP contribution in [-0.2, 0) is 0 Å². The standard InChI is InChI=1S/C16H13Cl2N5O/c17-11-2-1-3-12(18)14(11)16(24)23-8-6-22(7-9-23)15-13(10-19)20-4-5-21-15/h1-5H,6-9H2. The topological polar surface area (TPSA) is 73.1 Å². The normalized spacial score (nSPS) is 14.4. The number of hydrogen-bond donors (Lipinski definition) is 0. The van der Waals surface area contributed by atoms with Gasteiger partial charge in [-0.05, 0) is 12.1 Å². The van der Waals surface area contributed by atoms with Gasteiger partial charge in [-0.2, -0.15) is 5.26 Å². The summed E-state index contributed by atoms with van der Waals surface area (Å²) in [6.45, 7) is 2.09. The lowest BCUT2D eigenvalue weighted by Gasteiger charge is -2.35. The van der Waals surface area contributed by atoms with Crippen LogP contribution in [0.5, 0.6) is 0 Å². The second-order valence-electron chi connectivity index (χ2n) is 5.22. The van der Waals surface area contributed by atoms with E-state index in [-0.39, 0.29) is 11.6 Å². The molecule has 0 spiro atoms. The summed E-state index contributed by atoms with van der Waals surface area (Å²) in [5.74, 6) is 0.354. The van der Waals surface area contributed by atoms with Crippen molar-refractivity contribution in [2.24, 2.45) is 0 Å². The van der Waals surface area contributed by atoms with E-state index in [9.17, 15) is 4.79 Å². The van der Waals surface area contributed by atoms with Gasteiger partial charge in [0.15, 0.2) is 11.5 Å². The van der Waals surface area contributed by atoms with Crippen molar-refractivity contribution in [2.75, 3.05) is 31.1 Å². The molecule has 0 N–H and O–H groups in total. The van der Waals surface area contributed by atoms with Gasteiger partial charge in [0.1, 0.15) is 6.07 Å². The third kappa shape index (κ3) is 3.14. The predicted molar refractivity (Wildman–Crippen MR) is 91.3 cm³/mol. The van der Waals surface area contributed by atoms with E-state index in [0.29, 0.717) is 47.6 Å². The number of amides is 1. The zero-order chi connectivity index (χ0) is 17.1. The Balaban J connectivity index is 1.74. The van der Waals surface area contributed by atoms with Crippen molar-refractivity contribution in [2.45, 2.75) is 0 Å². The van der Waals surface area contributed by atoms with Crippen LogP contribution in [0.25, 0.3) is 0 Å². The lowest BCUT2D eigenvalue weighted by molar-refractivity contribution is 0.0747. The molecule has 0 unspecified atom stereocenters. The molecule has 0 saturated carbocycles. The molecule has 1 aromatic carbocycles. The summed E-state index contributed by atoms with van der Waals surface area (Å²) < 4.78 is 0. The molecule has 0 aliphatic carbocycles. The Hall–Kier alpha value is -2.36. The van der Waals surface area contributed by atoms with Crippen molar-refractivity contribution in [3.05, 3.63) is 51.9 Å². The number of rotatable bonds is 2. The minimum absolute atomic E-state index is 0.190. The van der Waals surface area contributed by atoms with Crippen LogP contribution >= 0.6 is 23.2 Å². The van der Waals surface area contributed by atoms with E-state index in [2.05, 4.69) is 9.97 Å². The number of halogens is 2. The van der Waals surface area contributed by atoms with Crippen molar-refractivity contribution < 1.29 is 4.79 Å². The molecule has 3 rings (SSSR count). The van der Waals surface area contributed by atoms with E-state index in [0.717, 1.165) is 0 Å².